The Bertz CT molecular complexity index is 482. The molecule has 2 rings (SSSR count). The van der Waals surface area contributed by atoms with Gasteiger partial charge in [-0.25, -0.2) is 5.84 Å². The number of H-pyrrole nitrogens is 1. The summed E-state index contributed by atoms with van der Waals surface area (Å²) in [7, 11) is 1.82. The lowest BCUT2D eigenvalue weighted by atomic mass is 10.3. The predicted molar refractivity (Wildman–Crippen MR) is 59.8 cm³/mol. The number of rotatable bonds is 4. The van der Waals surface area contributed by atoms with Gasteiger partial charge in [-0.1, -0.05) is 0 Å². The number of aromatic amines is 1. The van der Waals surface area contributed by atoms with Crippen LogP contribution in [0.25, 0.3) is 11.0 Å². The Hall–Kier alpha value is -1.93. The summed E-state index contributed by atoms with van der Waals surface area (Å²) in [5.41, 5.74) is 2.99. The highest BCUT2D eigenvalue weighted by molar-refractivity contribution is 5.87. The number of nitrogen functional groups attached to an aromatic ring is 1. The van der Waals surface area contributed by atoms with Crippen LogP contribution in [0.3, 0.4) is 0 Å². The summed E-state index contributed by atoms with van der Waals surface area (Å²) < 4.78 is 0. The summed E-state index contributed by atoms with van der Waals surface area (Å²) in [5.74, 6) is 6.25. The number of aromatic nitrogens is 4. The average molecular weight is 223 g/mol. The smallest absolute Gasteiger partial charge is 0.241 e. The fraction of sp³-hybridized carbons (Fsp3) is 0.375. The molecule has 0 aromatic carbocycles. The van der Waals surface area contributed by atoms with Crippen molar-refractivity contribution >= 4 is 22.8 Å². The van der Waals surface area contributed by atoms with E-state index in [2.05, 4.69) is 25.6 Å². The van der Waals surface area contributed by atoms with Crippen molar-refractivity contribution in [3.63, 3.8) is 0 Å². The number of aliphatic hydroxyl groups excluding tert-OH is 1. The summed E-state index contributed by atoms with van der Waals surface area (Å²) in [4.78, 5) is 10.1. The van der Waals surface area contributed by atoms with Crippen molar-refractivity contribution in [2.45, 2.75) is 0 Å². The number of nitrogens with one attached hydrogen (secondary N) is 2. The van der Waals surface area contributed by atoms with Crippen LogP contribution in [0, 0.1) is 0 Å². The summed E-state index contributed by atoms with van der Waals surface area (Å²) in [6.07, 6.45) is 1.64. The number of hydrazine groups is 1. The number of nitrogens with two attached hydrogens (primary N) is 1. The maximum absolute atomic E-state index is 8.90. The molecule has 0 spiro atoms. The van der Waals surface area contributed by atoms with Crippen molar-refractivity contribution < 1.29 is 5.11 Å². The summed E-state index contributed by atoms with van der Waals surface area (Å²) in [5, 5.41) is 16.3. The van der Waals surface area contributed by atoms with Crippen LogP contribution in [0.1, 0.15) is 0 Å². The van der Waals surface area contributed by atoms with Crippen molar-refractivity contribution in [3.05, 3.63) is 6.20 Å². The molecule has 0 fully saturated rings. The van der Waals surface area contributed by atoms with Gasteiger partial charge in [0, 0.05) is 13.6 Å². The Balaban J connectivity index is 2.51. The first-order chi connectivity index (χ1) is 7.76. The van der Waals surface area contributed by atoms with Crippen molar-refractivity contribution in [2.24, 2.45) is 5.84 Å². The third-order valence-electron chi connectivity index (χ3n) is 2.22. The maximum Gasteiger partial charge on any atom is 0.241 e. The highest BCUT2D eigenvalue weighted by atomic mass is 16.3. The molecule has 0 aliphatic carbocycles. The Kier molecular flexibility index (Phi) is 2.84. The number of anilines is 2. The van der Waals surface area contributed by atoms with Crippen LogP contribution in [0.2, 0.25) is 0 Å². The molecule has 8 heteroatoms. The Morgan fingerprint density at radius 3 is 3.06 bits per heavy atom. The fourth-order valence-electron chi connectivity index (χ4n) is 1.43. The van der Waals surface area contributed by atoms with Gasteiger partial charge in [0.1, 0.15) is 5.82 Å². The second kappa shape index (κ2) is 4.29. The van der Waals surface area contributed by atoms with E-state index in [0.29, 0.717) is 24.0 Å². The number of aliphatic hydroxyl groups is 1. The van der Waals surface area contributed by atoms with Crippen LogP contribution < -0.4 is 16.2 Å². The van der Waals surface area contributed by atoms with Gasteiger partial charge < -0.3 is 10.0 Å². The van der Waals surface area contributed by atoms with Crippen LogP contribution in [-0.2, 0) is 0 Å². The van der Waals surface area contributed by atoms with Crippen LogP contribution in [0.15, 0.2) is 6.20 Å². The number of fused-ring (bicyclic) bond motifs is 1. The lowest BCUT2D eigenvalue weighted by Gasteiger charge is -2.17. The van der Waals surface area contributed by atoms with E-state index in [9.17, 15) is 0 Å². The zero-order valence-corrected chi connectivity index (χ0v) is 8.80. The van der Waals surface area contributed by atoms with E-state index in [-0.39, 0.29) is 6.61 Å². The minimum Gasteiger partial charge on any atom is -0.395 e. The molecular formula is C8H13N7O. The van der Waals surface area contributed by atoms with E-state index in [4.69, 9.17) is 10.9 Å². The lowest BCUT2D eigenvalue weighted by Crippen LogP contribution is -2.23. The quantitative estimate of drug-likeness (QED) is 0.390. The molecule has 0 unspecified atom stereocenters. The highest BCUT2D eigenvalue weighted by Crippen LogP contribution is 2.22. The van der Waals surface area contributed by atoms with Gasteiger partial charge in [0.2, 0.25) is 5.95 Å². The Morgan fingerprint density at radius 1 is 1.56 bits per heavy atom. The van der Waals surface area contributed by atoms with E-state index in [1.165, 1.54) is 0 Å². The molecule has 5 N–H and O–H groups in total. The SMILES string of the molecule is CN(CCO)c1nc(NN)nc2[nH]ncc12. The van der Waals surface area contributed by atoms with Gasteiger partial charge in [-0.05, 0) is 0 Å². The van der Waals surface area contributed by atoms with Gasteiger partial charge in [-0.3, -0.25) is 10.5 Å². The zero-order valence-electron chi connectivity index (χ0n) is 8.80. The zero-order chi connectivity index (χ0) is 11.5. The van der Waals surface area contributed by atoms with Crippen LogP contribution >= 0.6 is 0 Å². The molecule has 0 radical (unpaired) electrons. The molecule has 0 saturated heterocycles. The highest BCUT2D eigenvalue weighted by Gasteiger charge is 2.12. The topological polar surface area (TPSA) is 116 Å². The molecule has 0 saturated carbocycles. The fourth-order valence-corrected chi connectivity index (χ4v) is 1.43. The van der Waals surface area contributed by atoms with E-state index in [1.807, 2.05) is 7.05 Å². The third-order valence-corrected chi connectivity index (χ3v) is 2.22. The second-order valence-corrected chi connectivity index (χ2v) is 3.29. The summed E-state index contributed by atoms with van der Waals surface area (Å²) in [6, 6.07) is 0. The van der Waals surface area contributed by atoms with Gasteiger partial charge in [0.25, 0.3) is 0 Å². The monoisotopic (exact) mass is 223 g/mol. The molecule has 86 valence electrons. The first kappa shape index (κ1) is 10.6. The van der Waals surface area contributed by atoms with Crippen molar-refractivity contribution in [2.75, 3.05) is 30.5 Å². The number of likely N-dealkylation sites (N-methyl/N-ethyl adjacent to an activating group) is 1. The van der Waals surface area contributed by atoms with Crippen molar-refractivity contribution in [1.29, 1.82) is 0 Å². The first-order valence-corrected chi connectivity index (χ1v) is 4.76. The lowest BCUT2D eigenvalue weighted by molar-refractivity contribution is 0.304. The molecule has 0 aliphatic heterocycles. The van der Waals surface area contributed by atoms with Crippen LogP contribution in [-0.4, -0.2) is 45.5 Å². The first-order valence-electron chi connectivity index (χ1n) is 4.76. The van der Waals surface area contributed by atoms with Crippen molar-refractivity contribution in [3.8, 4) is 0 Å². The third kappa shape index (κ3) is 1.75. The average Bonchev–Trinajstić information content (AvgIpc) is 2.75. The van der Waals surface area contributed by atoms with Gasteiger partial charge in [0.05, 0.1) is 18.2 Å². The maximum atomic E-state index is 8.90. The molecule has 0 atom stereocenters. The molecule has 16 heavy (non-hydrogen) atoms. The summed E-state index contributed by atoms with van der Waals surface area (Å²) in [6.45, 7) is 0.520. The van der Waals surface area contributed by atoms with Gasteiger partial charge in [0.15, 0.2) is 5.65 Å². The molecule has 0 amide bonds. The van der Waals surface area contributed by atoms with Gasteiger partial charge in [-0.15, -0.1) is 0 Å². The van der Waals surface area contributed by atoms with E-state index >= 15 is 0 Å². The van der Waals surface area contributed by atoms with E-state index in [0.717, 1.165) is 5.39 Å². The van der Waals surface area contributed by atoms with Crippen LogP contribution in [0.4, 0.5) is 11.8 Å². The number of nitrogens with zero attached hydrogens (tertiary/aromatic N) is 4. The van der Waals surface area contributed by atoms with Crippen LogP contribution in [0.5, 0.6) is 0 Å². The van der Waals surface area contributed by atoms with Gasteiger partial charge >= 0.3 is 0 Å². The van der Waals surface area contributed by atoms with Crippen molar-refractivity contribution in [1.82, 2.24) is 20.2 Å². The largest absolute Gasteiger partial charge is 0.395 e. The predicted octanol–water partition coefficient (Wildman–Crippen LogP) is -0.933. The molecular weight excluding hydrogens is 210 g/mol. The Labute approximate surface area is 91.5 Å². The standard InChI is InChI=1S/C8H13N7O/c1-15(2-3-16)7-5-4-10-14-6(5)11-8(12-7)13-9/h4,16H,2-3,9H2,1H3,(H2,10,11,12,13,14). The molecule has 8 nitrogen and oxygen atoms in total. The molecule has 2 aromatic heterocycles. The van der Waals surface area contributed by atoms with Gasteiger partial charge in [-0.2, -0.15) is 15.1 Å². The molecule has 2 heterocycles. The Morgan fingerprint density at radius 2 is 2.38 bits per heavy atom. The normalized spacial score (nSPS) is 10.7. The minimum absolute atomic E-state index is 0.0469. The molecule has 0 aliphatic rings. The molecule has 0 bridgehead atoms. The minimum atomic E-state index is 0.0469. The van der Waals surface area contributed by atoms with E-state index < -0.39 is 0 Å². The summed E-state index contributed by atoms with van der Waals surface area (Å²) >= 11 is 0. The molecule has 2 aromatic rings. The second-order valence-electron chi connectivity index (χ2n) is 3.29. The van der Waals surface area contributed by atoms with E-state index in [1.54, 1.807) is 11.1 Å². The number of hydrogen-bond donors (Lipinski definition) is 4. The number of hydrogen-bond acceptors (Lipinski definition) is 7.